The van der Waals surface area contributed by atoms with Crippen molar-refractivity contribution in [2.24, 2.45) is 0 Å². The summed E-state index contributed by atoms with van der Waals surface area (Å²) in [5, 5.41) is 5.05. The van der Waals surface area contributed by atoms with Gasteiger partial charge in [0, 0.05) is 22.5 Å². The fraction of sp³-hybridized carbons (Fsp3) is 0.0345. The van der Waals surface area contributed by atoms with Gasteiger partial charge in [-0.1, -0.05) is 188 Å². The van der Waals surface area contributed by atoms with Gasteiger partial charge in [0.1, 0.15) is 0 Å². The number of fused-ring (bicyclic) bond motifs is 6. The van der Waals surface area contributed by atoms with Crippen molar-refractivity contribution >= 4 is 38.6 Å². The summed E-state index contributed by atoms with van der Waals surface area (Å²) in [6.07, 6.45) is 0. The van der Waals surface area contributed by atoms with E-state index in [1.54, 1.807) is 0 Å². The summed E-state index contributed by atoms with van der Waals surface area (Å²) in [5.74, 6) is 0. The number of rotatable bonds is 7. The van der Waals surface area contributed by atoms with Gasteiger partial charge in [0.2, 0.25) is 0 Å². The Balaban J connectivity index is 1.05. The van der Waals surface area contributed by atoms with Gasteiger partial charge in [-0.2, -0.15) is 0 Å². The number of nitrogens with zero attached hydrogens (tertiary/aromatic N) is 1. The molecule has 1 atom stereocenters. The zero-order valence-corrected chi connectivity index (χ0v) is 32.9. The summed E-state index contributed by atoms with van der Waals surface area (Å²) >= 11 is 0. The average Bonchev–Trinajstić information content (AvgIpc) is 3.57. The highest BCUT2D eigenvalue weighted by Gasteiger charge is 2.40. The van der Waals surface area contributed by atoms with E-state index in [0.717, 1.165) is 17.1 Å². The fourth-order valence-corrected chi connectivity index (χ4v) is 9.72. The zero-order valence-electron chi connectivity index (χ0n) is 32.9. The van der Waals surface area contributed by atoms with E-state index < -0.39 is 0 Å². The smallest absolute Gasteiger partial charge is 0.0468 e. The van der Waals surface area contributed by atoms with Crippen molar-refractivity contribution in [3.63, 3.8) is 0 Å². The number of para-hydroxylation sites is 1. The monoisotopic (exact) mass is 751 g/mol. The van der Waals surface area contributed by atoms with E-state index in [2.05, 4.69) is 242 Å². The highest BCUT2D eigenvalue weighted by atomic mass is 15.1. The maximum absolute atomic E-state index is 2.40. The SMILES string of the molecule is CC1(c2ccccc2)c2ccccc2-c2cc(N(c3ccccc3)c3ccc(-c4ccc5c(c4)c(-c4ccccc4)c(-c4ccccc4)c4ccccc45)cc3)ccc21. The van der Waals surface area contributed by atoms with E-state index in [1.165, 1.54) is 82.7 Å². The predicted octanol–water partition coefficient (Wildman–Crippen LogP) is 15.8. The van der Waals surface area contributed by atoms with Gasteiger partial charge >= 0.3 is 0 Å². The van der Waals surface area contributed by atoms with E-state index in [-0.39, 0.29) is 5.41 Å². The molecule has 10 aromatic carbocycles. The largest absolute Gasteiger partial charge is 0.310 e. The van der Waals surface area contributed by atoms with Crippen molar-refractivity contribution in [2.75, 3.05) is 4.90 Å². The first kappa shape index (κ1) is 34.7. The topological polar surface area (TPSA) is 3.24 Å². The van der Waals surface area contributed by atoms with Gasteiger partial charge in [-0.15, -0.1) is 0 Å². The van der Waals surface area contributed by atoms with Crippen molar-refractivity contribution < 1.29 is 0 Å². The van der Waals surface area contributed by atoms with Crippen LogP contribution in [0, 0.1) is 0 Å². The van der Waals surface area contributed by atoms with Gasteiger partial charge in [0.25, 0.3) is 0 Å². The molecule has 278 valence electrons. The fourth-order valence-electron chi connectivity index (χ4n) is 9.72. The van der Waals surface area contributed by atoms with Crippen LogP contribution in [0.5, 0.6) is 0 Å². The van der Waals surface area contributed by atoms with Crippen LogP contribution >= 0.6 is 0 Å². The molecule has 0 amide bonds. The van der Waals surface area contributed by atoms with E-state index in [1.807, 2.05) is 0 Å². The van der Waals surface area contributed by atoms with Crippen LogP contribution in [-0.4, -0.2) is 0 Å². The van der Waals surface area contributed by atoms with Crippen molar-refractivity contribution in [1.29, 1.82) is 0 Å². The van der Waals surface area contributed by atoms with Gasteiger partial charge in [-0.3, -0.25) is 0 Å². The molecule has 11 rings (SSSR count). The molecule has 0 aliphatic heterocycles. The molecule has 10 aromatic rings. The quantitative estimate of drug-likeness (QED) is 0.147. The molecule has 0 aromatic heterocycles. The maximum atomic E-state index is 2.40. The Kier molecular flexibility index (Phi) is 8.34. The summed E-state index contributed by atoms with van der Waals surface area (Å²) in [7, 11) is 0. The lowest BCUT2D eigenvalue weighted by Crippen LogP contribution is -2.22. The van der Waals surface area contributed by atoms with Crippen LogP contribution in [0.3, 0.4) is 0 Å². The lowest BCUT2D eigenvalue weighted by Gasteiger charge is -2.29. The Morgan fingerprint density at radius 1 is 0.305 bits per heavy atom. The van der Waals surface area contributed by atoms with E-state index in [4.69, 9.17) is 0 Å². The number of hydrogen-bond donors (Lipinski definition) is 0. The van der Waals surface area contributed by atoms with Crippen molar-refractivity contribution in [3.8, 4) is 44.5 Å². The third-order valence-corrected chi connectivity index (χ3v) is 12.5. The van der Waals surface area contributed by atoms with E-state index in [9.17, 15) is 0 Å². The molecular formula is C58H41N. The first-order valence-electron chi connectivity index (χ1n) is 20.5. The summed E-state index contributed by atoms with van der Waals surface area (Å²) in [6.45, 7) is 2.38. The van der Waals surface area contributed by atoms with Gasteiger partial charge in [-0.05, 0) is 132 Å². The Morgan fingerprint density at radius 3 is 1.49 bits per heavy atom. The maximum Gasteiger partial charge on any atom is 0.0468 e. The first-order chi connectivity index (χ1) is 29.2. The van der Waals surface area contributed by atoms with Crippen molar-refractivity contribution in [3.05, 3.63) is 247 Å². The van der Waals surface area contributed by atoms with Crippen LogP contribution in [0.25, 0.3) is 66.1 Å². The van der Waals surface area contributed by atoms with Crippen LogP contribution < -0.4 is 4.90 Å². The molecule has 0 radical (unpaired) electrons. The van der Waals surface area contributed by atoms with Gasteiger partial charge < -0.3 is 4.90 Å². The lowest BCUT2D eigenvalue weighted by molar-refractivity contribution is 0.714. The molecule has 59 heavy (non-hydrogen) atoms. The van der Waals surface area contributed by atoms with E-state index in [0.29, 0.717) is 0 Å². The Hall–Kier alpha value is -7.48. The van der Waals surface area contributed by atoms with Crippen LogP contribution in [0.1, 0.15) is 23.6 Å². The standard InChI is InChI=1S/C58H41N/c1-58(44-22-10-4-11-23-44)54-29-17-16-27-50(54)52-39-47(35-37-55(52)58)59(45-24-12-5-13-25-45)46-33-30-40(31-34-46)43-32-36-49-48-26-14-15-28-51(48)56(41-18-6-2-7-19-41)57(53(49)38-43)42-20-8-3-9-21-42/h2-39H,1H3. The molecule has 0 saturated carbocycles. The second kappa shape index (κ2) is 14.2. The highest BCUT2D eigenvalue weighted by molar-refractivity contribution is 6.22. The molecule has 1 unspecified atom stereocenters. The third-order valence-electron chi connectivity index (χ3n) is 12.5. The summed E-state index contributed by atoms with van der Waals surface area (Å²) in [4.78, 5) is 2.39. The summed E-state index contributed by atoms with van der Waals surface area (Å²) < 4.78 is 0. The molecule has 1 aliphatic rings. The predicted molar refractivity (Wildman–Crippen MR) is 250 cm³/mol. The molecule has 0 fully saturated rings. The minimum atomic E-state index is -0.237. The Morgan fingerprint density at radius 2 is 0.797 bits per heavy atom. The second-order valence-electron chi connectivity index (χ2n) is 15.8. The Labute approximate surface area is 346 Å². The Bertz CT molecular complexity index is 3130. The molecular weight excluding hydrogens is 711 g/mol. The molecule has 0 N–H and O–H groups in total. The van der Waals surface area contributed by atoms with Crippen LogP contribution in [0.4, 0.5) is 17.1 Å². The van der Waals surface area contributed by atoms with Gasteiger partial charge in [-0.25, -0.2) is 0 Å². The normalized spacial score (nSPS) is 14.3. The van der Waals surface area contributed by atoms with E-state index >= 15 is 0 Å². The zero-order chi connectivity index (χ0) is 39.3. The number of hydrogen-bond acceptors (Lipinski definition) is 1. The number of anilines is 3. The number of benzene rings is 10. The van der Waals surface area contributed by atoms with Crippen LogP contribution in [0.2, 0.25) is 0 Å². The highest BCUT2D eigenvalue weighted by Crippen LogP contribution is 2.54. The third kappa shape index (κ3) is 5.69. The van der Waals surface area contributed by atoms with Crippen molar-refractivity contribution in [2.45, 2.75) is 12.3 Å². The van der Waals surface area contributed by atoms with Crippen molar-refractivity contribution in [1.82, 2.24) is 0 Å². The lowest BCUT2D eigenvalue weighted by atomic mass is 9.74. The summed E-state index contributed by atoms with van der Waals surface area (Å²) in [5.41, 5.74) is 17.1. The average molecular weight is 752 g/mol. The molecule has 0 heterocycles. The van der Waals surface area contributed by atoms with Crippen LogP contribution in [-0.2, 0) is 5.41 Å². The minimum Gasteiger partial charge on any atom is -0.310 e. The molecule has 1 nitrogen and oxygen atoms in total. The molecule has 1 heteroatoms. The molecule has 0 spiro atoms. The molecule has 0 bridgehead atoms. The molecule has 0 saturated heterocycles. The van der Waals surface area contributed by atoms with Gasteiger partial charge in [0.05, 0.1) is 0 Å². The van der Waals surface area contributed by atoms with Crippen LogP contribution in [0.15, 0.2) is 231 Å². The first-order valence-corrected chi connectivity index (χ1v) is 20.5. The minimum absolute atomic E-state index is 0.237. The molecule has 1 aliphatic carbocycles. The second-order valence-corrected chi connectivity index (χ2v) is 15.8. The summed E-state index contributed by atoms with van der Waals surface area (Å²) in [6, 6.07) is 84.4. The van der Waals surface area contributed by atoms with Gasteiger partial charge in [0.15, 0.2) is 0 Å².